The third kappa shape index (κ3) is 3.26. The van der Waals surface area contributed by atoms with Crippen molar-refractivity contribution in [2.45, 2.75) is 67.7 Å². The van der Waals surface area contributed by atoms with E-state index >= 15 is 0 Å². The maximum Gasteiger partial charge on any atom is 0.326 e. The number of nitrogens with zero attached hydrogens (tertiary/aromatic N) is 1. The second kappa shape index (κ2) is 8.48. The number of fused-ring (bicyclic) bond motifs is 4. The molecule has 11 nitrogen and oxygen atoms in total. The Labute approximate surface area is 240 Å². The summed E-state index contributed by atoms with van der Waals surface area (Å²) in [7, 11) is 0. The highest BCUT2D eigenvalue weighted by atomic mass is 16.5. The predicted octanol–water partition coefficient (Wildman–Crippen LogP) is 2.23. The average Bonchev–Trinajstić information content (AvgIpc) is 3.58. The number of aliphatic hydroxyl groups is 1. The number of amides is 1. The van der Waals surface area contributed by atoms with Crippen LogP contribution in [-0.2, 0) is 27.8 Å². The van der Waals surface area contributed by atoms with E-state index in [2.05, 4.69) is 15.2 Å². The van der Waals surface area contributed by atoms with Crippen LogP contribution in [0, 0.1) is 5.92 Å². The minimum absolute atomic E-state index is 0.0367. The Morgan fingerprint density at radius 2 is 1.98 bits per heavy atom. The van der Waals surface area contributed by atoms with Crippen molar-refractivity contribution < 1.29 is 39.5 Å². The number of carboxylic acids is 2. The number of piperidine rings is 1. The van der Waals surface area contributed by atoms with Crippen molar-refractivity contribution in [2.75, 3.05) is 13.1 Å². The number of aliphatic carboxylic acids is 2. The van der Waals surface area contributed by atoms with E-state index in [1.807, 2.05) is 12.1 Å². The van der Waals surface area contributed by atoms with Crippen molar-refractivity contribution >= 4 is 28.7 Å². The Balaban J connectivity index is 1.27. The number of benzene rings is 2. The first-order valence-corrected chi connectivity index (χ1v) is 14.5. The molecule has 1 saturated carbocycles. The predicted molar refractivity (Wildman–Crippen MR) is 148 cm³/mol. The Bertz CT molecular complexity index is 1710. The number of phenols is 1. The van der Waals surface area contributed by atoms with Crippen LogP contribution in [0.25, 0.3) is 10.9 Å². The molecule has 1 aromatic heterocycles. The normalized spacial score (nSPS) is 29.4. The van der Waals surface area contributed by atoms with E-state index in [9.17, 15) is 29.7 Å². The molecule has 3 aromatic rings. The molecule has 1 spiro atoms. The van der Waals surface area contributed by atoms with Crippen LogP contribution >= 0.6 is 0 Å². The maximum absolute atomic E-state index is 13.3. The van der Waals surface area contributed by atoms with Crippen molar-refractivity contribution in [3.63, 3.8) is 0 Å². The largest absolute Gasteiger partial charge is 0.504 e. The fraction of sp³-hybridized carbons (Fsp3) is 0.452. The molecule has 11 heteroatoms. The number of ether oxygens (including phenoxy) is 1. The third-order valence-corrected chi connectivity index (χ3v) is 10.4. The molecule has 8 rings (SSSR count). The molecule has 2 fully saturated rings. The molecule has 1 amide bonds. The fourth-order valence-electron chi connectivity index (χ4n) is 8.45. The molecule has 5 aliphatic rings. The Kier molecular flexibility index (Phi) is 5.17. The molecule has 5 atom stereocenters. The molecule has 0 radical (unpaired) electrons. The van der Waals surface area contributed by atoms with Gasteiger partial charge in [-0.15, -0.1) is 0 Å². The number of carboxylic acid groups (broad SMARTS) is 2. The summed E-state index contributed by atoms with van der Waals surface area (Å²) < 4.78 is 6.60. The molecule has 2 aromatic carbocycles. The van der Waals surface area contributed by atoms with Gasteiger partial charge in [0, 0.05) is 30.0 Å². The lowest BCUT2D eigenvalue weighted by Gasteiger charge is -2.62. The number of hydrogen-bond acceptors (Lipinski definition) is 7. The SMILES string of the molecule is O=C(O)C[C@H](NC(=O)c1cccc2c3c([nH]c12)[C@@H]1Oc2c(O)ccc4c2[C@@]12CCN(CC1CC1)[C@H](C4)[C@]2(O)C3)C(=O)O. The van der Waals surface area contributed by atoms with Crippen molar-refractivity contribution in [1.29, 1.82) is 0 Å². The summed E-state index contributed by atoms with van der Waals surface area (Å²) in [6.45, 7) is 1.75. The number of aromatic amines is 1. The number of rotatable bonds is 7. The summed E-state index contributed by atoms with van der Waals surface area (Å²) in [5, 5.41) is 45.5. The second-order valence-corrected chi connectivity index (χ2v) is 12.6. The van der Waals surface area contributed by atoms with Crippen molar-refractivity contribution in [3.8, 4) is 11.5 Å². The number of aromatic hydroxyl groups is 1. The van der Waals surface area contributed by atoms with Gasteiger partial charge in [-0.1, -0.05) is 18.2 Å². The molecule has 2 bridgehead atoms. The van der Waals surface area contributed by atoms with Crippen LogP contribution in [0.3, 0.4) is 0 Å². The molecule has 1 saturated heterocycles. The van der Waals surface area contributed by atoms with Gasteiger partial charge in [-0.25, -0.2) is 4.79 Å². The first-order chi connectivity index (χ1) is 20.1. The first-order valence-electron chi connectivity index (χ1n) is 14.5. The number of aromatic nitrogens is 1. The summed E-state index contributed by atoms with van der Waals surface area (Å²) in [5.41, 5.74) is 2.19. The number of H-pyrrole nitrogens is 1. The quantitative estimate of drug-likeness (QED) is 0.248. The minimum atomic E-state index is -1.59. The topological polar surface area (TPSA) is 172 Å². The van der Waals surface area contributed by atoms with E-state index in [-0.39, 0.29) is 17.4 Å². The van der Waals surface area contributed by atoms with Gasteiger partial charge in [-0.2, -0.15) is 0 Å². The smallest absolute Gasteiger partial charge is 0.326 e. The number of para-hydroxylation sites is 1. The average molecular weight is 574 g/mol. The monoisotopic (exact) mass is 573 g/mol. The molecule has 3 aliphatic carbocycles. The van der Waals surface area contributed by atoms with Crippen molar-refractivity contribution in [3.05, 3.63) is 58.3 Å². The number of carbonyl (C=O) groups is 3. The lowest BCUT2D eigenvalue weighted by atomic mass is 9.49. The number of likely N-dealkylation sites (tertiary alicyclic amines) is 1. The number of phenolic OH excluding ortho intramolecular Hbond substituents is 1. The van der Waals surface area contributed by atoms with Crippen LogP contribution in [-0.4, -0.2) is 78.9 Å². The van der Waals surface area contributed by atoms with Crippen molar-refractivity contribution in [2.24, 2.45) is 5.92 Å². The summed E-state index contributed by atoms with van der Waals surface area (Å²) in [6.07, 6.45) is 2.66. The van der Waals surface area contributed by atoms with Crippen LogP contribution in [0.2, 0.25) is 0 Å². The standard InChI is InChI=1S/C31H31N3O8/c35-20-7-6-15-10-21-31(41)12-18-16-2-1-3-17(28(38)32-19(29(39)40)11-22(36)37)24(16)33-25(18)27-30(31,23(15)26(20)42-27)8-9-34(21)13-14-4-5-14/h1-3,6-7,14,19,21,27,33,35,41H,4-5,8-13H2,(H,32,38)(H,36,37)(H,39,40)/t19-,21+,27-,30-,31+/m0/s1. The molecule has 218 valence electrons. The molecular formula is C31H31N3O8. The van der Waals surface area contributed by atoms with E-state index in [0.717, 1.165) is 35.5 Å². The molecular weight excluding hydrogens is 542 g/mol. The highest BCUT2D eigenvalue weighted by Crippen LogP contribution is 2.69. The first kappa shape index (κ1) is 25.6. The minimum Gasteiger partial charge on any atom is -0.504 e. The number of carbonyl (C=O) groups excluding carboxylic acids is 1. The van der Waals surface area contributed by atoms with Crippen LogP contribution < -0.4 is 10.1 Å². The lowest BCUT2D eigenvalue weighted by Crippen LogP contribution is -2.74. The molecule has 0 unspecified atom stereocenters. The van der Waals surface area contributed by atoms with Crippen LogP contribution in [0.4, 0.5) is 0 Å². The summed E-state index contributed by atoms with van der Waals surface area (Å²) in [4.78, 5) is 42.0. The summed E-state index contributed by atoms with van der Waals surface area (Å²) >= 11 is 0. The highest BCUT2D eigenvalue weighted by Gasteiger charge is 2.72. The van der Waals surface area contributed by atoms with Gasteiger partial charge >= 0.3 is 11.9 Å². The van der Waals surface area contributed by atoms with Gasteiger partial charge < -0.3 is 35.5 Å². The molecule has 2 aliphatic heterocycles. The highest BCUT2D eigenvalue weighted by molar-refractivity contribution is 6.08. The molecule has 6 N–H and O–H groups in total. The zero-order valence-corrected chi connectivity index (χ0v) is 22.7. The van der Waals surface area contributed by atoms with Crippen LogP contribution in [0.5, 0.6) is 11.5 Å². The molecule has 3 heterocycles. The lowest BCUT2D eigenvalue weighted by molar-refractivity contribution is -0.173. The summed E-state index contributed by atoms with van der Waals surface area (Å²) in [5.74, 6) is -2.40. The Morgan fingerprint density at radius 1 is 1.17 bits per heavy atom. The van der Waals surface area contributed by atoms with E-state index in [1.165, 1.54) is 12.8 Å². The van der Waals surface area contributed by atoms with E-state index in [1.54, 1.807) is 18.2 Å². The van der Waals surface area contributed by atoms with Gasteiger partial charge in [-0.05, 0) is 61.4 Å². The van der Waals surface area contributed by atoms with Gasteiger partial charge in [0.15, 0.2) is 17.6 Å². The van der Waals surface area contributed by atoms with Gasteiger partial charge in [0.2, 0.25) is 0 Å². The Morgan fingerprint density at radius 3 is 2.71 bits per heavy atom. The second-order valence-electron chi connectivity index (χ2n) is 12.6. The van der Waals surface area contributed by atoms with Gasteiger partial charge in [-0.3, -0.25) is 14.5 Å². The summed E-state index contributed by atoms with van der Waals surface area (Å²) in [6, 6.07) is 7.00. The zero-order valence-electron chi connectivity index (χ0n) is 22.7. The Hall–Kier alpha value is -4.09. The number of nitrogens with one attached hydrogen (secondary N) is 2. The van der Waals surface area contributed by atoms with Gasteiger partial charge in [0.1, 0.15) is 6.04 Å². The van der Waals surface area contributed by atoms with Gasteiger partial charge in [0.25, 0.3) is 5.91 Å². The van der Waals surface area contributed by atoms with Gasteiger partial charge in [0.05, 0.1) is 34.2 Å². The number of hydrogen-bond donors (Lipinski definition) is 6. The van der Waals surface area contributed by atoms with Crippen molar-refractivity contribution in [1.82, 2.24) is 15.2 Å². The van der Waals surface area contributed by atoms with E-state index < -0.39 is 47.4 Å². The van der Waals surface area contributed by atoms with E-state index in [4.69, 9.17) is 9.84 Å². The fourth-order valence-corrected chi connectivity index (χ4v) is 8.45. The van der Waals surface area contributed by atoms with Crippen LogP contribution in [0.15, 0.2) is 30.3 Å². The van der Waals surface area contributed by atoms with Crippen LogP contribution in [0.1, 0.15) is 64.5 Å². The third-order valence-electron chi connectivity index (χ3n) is 10.4. The zero-order chi connectivity index (χ0) is 29.1. The van der Waals surface area contributed by atoms with E-state index in [0.29, 0.717) is 41.8 Å². The molecule has 42 heavy (non-hydrogen) atoms. The maximum atomic E-state index is 13.3.